The molecule has 0 heterocycles. The number of benzene rings is 1. The minimum Gasteiger partial charge on any atom is -0.328 e. The Bertz CT molecular complexity index is 353. The molecule has 0 fully saturated rings. The maximum absolute atomic E-state index is 10.5. The molecular weight excluding hydrogens is 204 g/mol. The zero-order chi connectivity index (χ0) is 10.7. The summed E-state index contributed by atoms with van der Waals surface area (Å²) in [5, 5.41) is 10.6. The Morgan fingerprint density at radius 3 is 2.71 bits per heavy atom. The topological polar surface area (TPSA) is 69.2 Å². The van der Waals surface area contributed by atoms with Crippen molar-refractivity contribution in [1.82, 2.24) is 0 Å². The fourth-order valence-electron chi connectivity index (χ4n) is 1.20. The molecule has 0 aliphatic rings. The molecule has 0 amide bonds. The zero-order valence-electron chi connectivity index (χ0n) is 7.74. The first-order chi connectivity index (χ1) is 6.50. The smallest absolute Gasteiger partial charge is 0.287 e. The second-order valence-electron chi connectivity index (χ2n) is 3.22. The van der Waals surface area contributed by atoms with Gasteiger partial charge in [0, 0.05) is 12.1 Å². The summed E-state index contributed by atoms with van der Waals surface area (Å²) in [6.45, 7) is 1.87. The molecule has 5 heteroatoms. The normalized spacial score (nSPS) is 12.5. The number of hydrogen-bond acceptors (Lipinski definition) is 3. The summed E-state index contributed by atoms with van der Waals surface area (Å²) in [5.74, 6) is 0. The van der Waals surface area contributed by atoms with E-state index in [1.165, 1.54) is 6.07 Å². The maximum atomic E-state index is 10.5. The first-order valence-corrected chi connectivity index (χ1v) is 4.57. The van der Waals surface area contributed by atoms with Crippen molar-refractivity contribution in [3.8, 4) is 0 Å². The van der Waals surface area contributed by atoms with Gasteiger partial charge >= 0.3 is 0 Å². The van der Waals surface area contributed by atoms with Gasteiger partial charge in [-0.2, -0.15) is 0 Å². The fraction of sp³-hybridized carbons (Fsp3) is 0.333. The Balaban J connectivity index is 2.94. The average molecular weight is 215 g/mol. The van der Waals surface area contributed by atoms with Crippen LogP contribution in [0.2, 0.25) is 5.02 Å². The SMILES string of the molecule is C[C@@H](N)Cc1ccc([N+](=O)[O-])c(Cl)c1. The Morgan fingerprint density at radius 1 is 1.64 bits per heavy atom. The molecule has 1 rings (SSSR count). The van der Waals surface area contributed by atoms with Crippen molar-refractivity contribution in [2.45, 2.75) is 19.4 Å². The minimum atomic E-state index is -0.502. The minimum absolute atomic E-state index is 0.0209. The molecule has 0 radical (unpaired) electrons. The third-order valence-electron chi connectivity index (χ3n) is 1.77. The average Bonchev–Trinajstić information content (AvgIpc) is 2.01. The highest BCUT2D eigenvalue weighted by Gasteiger charge is 2.12. The van der Waals surface area contributed by atoms with Crippen molar-refractivity contribution in [2.24, 2.45) is 5.73 Å². The van der Waals surface area contributed by atoms with Crippen molar-refractivity contribution in [1.29, 1.82) is 0 Å². The van der Waals surface area contributed by atoms with Crippen LogP contribution in [-0.2, 0) is 6.42 Å². The summed E-state index contributed by atoms with van der Waals surface area (Å²) in [6, 6.07) is 4.68. The maximum Gasteiger partial charge on any atom is 0.287 e. The molecule has 0 bridgehead atoms. The third kappa shape index (κ3) is 2.68. The second kappa shape index (κ2) is 4.39. The Hall–Kier alpha value is -1.13. The first kappa shape index (κ1) is 10.9. The molecule has 0 saturated carbocycles. The van der Waals surface area contributed by atoms with Crippen LogP contribution in [0.4, 0.5) is 5.69 Å². The highest BCUT2D eigenvalue weighted by Crippen LogP contribution is 2.25. The quantitative estimate of drug-likeness (QED) is 0.619. The molecule has 0 aliphatic carbocycles. The summed E-state index contributed by atoms with van der Waals surface area (Å²) >= 11 is 5.73. The van der Waals surface area contributed by atoms with Crippen LogP contribution in [0, 0.1) is 10.1 Å². The van der Waals surface area contributed by atoms with Crippen LogP contribution in [0.15, 0.2) is 18.2 Å². The Labute approximate surface area is 86.8 Å². The summed E-state index contributed by atoms with van der Waals surface area (Å²) in [7, 11) is 0. The number of nitrogens with two attached hydrogens (primary N) is 1. The lowest BCUT2D eigenvalue weighted by Gasteiger charge is -2.05. The molecule has 14 heavy (non-hydrogen) atoms. The largest absolute Gasteiger partial charge is 0.328 e. The van der Waals surface area contributed by atoms with Crippen molar-refractivity contribution in [2.75, 3.05) is 0 Å². The van der Waals surface area contributed by atoms with E-state index < -0.39 is 4.92 Å². The van der Waals surface area contributed by atoms with E-state index in [-0.39, 0.29) is 16.8 Å². The standard InChI is InChI=1S/C9H11ClN2O2/c1-6(11)4-7-2-3-9(12(13)14)8(10)5-7/h2-3,5-6H,4,11H2,1H3/t6-/m1/s1. The first-order valence-electron chi connectivity index (χ1n) is 4.19. The number of rotatable bonds is 3. The van der Waals surface area contributed by atoms with Gasteiger partial charge < -0.3 is 5.73 Å². The molecule has 1 aromatic carbocycles. The van der Waals surface area contributed by atoms with Gasteiger partial charge in [0.15, 0.2) is 0 Å². The van der Waals surface area contributed by atoms with E-state index in [0.29, 0.717) is 6.42 Å². The molecule has 0 aromatic heterocycles. The summed E-state index contributed by atoms with van der Waals surface area (Å²) in [6.07, 6.45) is 0.664. The monoisotopic (exact) mass is 214 g/mol. The summed E-state index contributed by atoms with van der Waals surface area (Å²) in [5.41, 5.74) is 6.44. The van der Waals surface area contributed by atoms with Gasteiger partial charge in [0.25, 0.3) is 5.69 Å². The Morgan fingerprint density at radius 2 is 2.29 bits per heavy atom. The summed E-state index contributed by atoms with van der Waals surface area (Å²) < 4.78 is 0. The highest BCUT2D eigenvalue weighted by molar-refractivity contribution is 6.32. The van der Waals surface area contributed by atoms with Crippen molar-refractivity contribution >= 4 is 17.3 Å². The molecule has 0 spiro atoms. The molecular formula is C9H11ClN2O2. The predicted molar refractivity (Wildman–Crippen MR) is 55.5 cm³/mol. The fourth-order valence-corrected chi connectivity index (χ4v) is 1.47. The lowest BCUT2D eigenvalue weighted by Crippen LogP contribution is -2.17. The van der Waals surface area contributed by atoms with E-state index in [1.54, 1.807) is 12.1 Å². The number of hydrogen-bond donors (Lipinski definition) is 1. The van der Waals surface area contributed by atoms with Gasteiger partial charge in [0.2, 0.25) is 0 Å². The van der Waals surface area contributed by atoms with E-state index >= 15 is 0 Å². The Kier molecular flexibility index (Phi) is 3.43. The van der Waals surface area contributed by atoms with E-state index in [1.807, 2.05) is 6.92 Å². The number of nitro benzene ring substituents is 1. The number of nitrogens with zero attached hydrogens (tertiary/aromatic N) is 1. The van der Waals surface area contributed by atoms with Crippen LogP contribution < -0.4 is 5.73 Å². The lowest BCUT2D eigenvalue weighted by molar-refractivity contribution is -0.384. The van der Waals surface area contributed by atoms with E-state index in [2.05, 4.69) is 0 Å². The summed E-state index contributed by atoms with van der Waals surface area (Å²) in [4.78, 5) is 9.95. The van der Waals surface area contributed by atoms with Gasteiger partial charge in [-0.25, -0.2) is 0 Å². The number of nitro groups is 1. The van der Waals surface area contributed by atoms with Crippen molar-refractivity contribution < 1.29 is 4.92 Å². The zero-order valence-corrected chi connectivity index (χ0v) is 8.49. The van der Waals surface area contributed by atoms with E-state index in [4.69, 9.17) is 17.3 Å². The third-order valence-corrected chi connectivity index (χ3v) is 2.07. The van der Waals surface area contributed by atoms with Crippen LogP contribution in [0.1, 0.15) is 12.5 Å². The highest BCUT2D eigenvalue weighted by atomic mass is 35.5. The van der Waals surface area contributed by atoms with Crippen LogP contribution in [-0.4, -0.2) is 11.0 Å². The van der Waals surface area contributed by atoms with Crippen LogP contribution in [0.5, 0.6) is 0 Å². The van der Waals surface area contributed by atoms with Crippen molar-refractivity contribution in [3.63, 3.8) is 0 Å². The van der Waals surface area contributed by atoms with Gasteiger partial charge in [-0.15, -0.1) is 0 Å². The van der Waals surface area contributed by atoms with Crippen LogP contribution >= 0.6 is 11.6 Å². The second-order valence-corrected chi connectivity index (χ2v) is 3.63. The predicted octanol–water partition coefficient (Wildman–Crippen LogP) is 2.14. The van der Waals surface area contributed by atoms with Gasteiger partial charge in [-0.1, -0.05) is 17.7 Å². The van der Waals surface area contributed by atoms with Gasteiger partial charge in [0.05, 0.1) is 4.92 Å². The lowest BCUT2D eigenvalue weighted by atomic mass is 10.1. The molecule has 0 unspecified atom stereocenters. The molecule has 76 valence electrons. The van der Waals surface area contributed by atoms with Crippen molar-refractivity contribution in [3.05, 3.63) is 38.9 Å². The number of halogens is 1. The molecule has 0 saturated heterocycles. The van der Waals surface area contributed by atoms with Gasteiger partial charge in [-0.05, 0) is 25.0 Å². The van der Waals surface area contributed by atoms with Crippen LogP contribution in [0.25, 0.3) is 0 Å². The molecule has 4 nitrogen and oxygen atoms in total. The van der Waals surface area contributed by atoms with Crippen LogP contribution in [0.3, 0.4) is 0 Å². The van der Waals surface area contributed by atoms with Gasteiger partial charge in [0.1, 0.15) is 5.02 Å². The molecule has 1 aromatic rings. The molecule has 2 N–H and O–H groups in total. The molecule has 1 atom stereocenters. The molecule has 0 aliphatic heterocycles. The van der Waals surface area contributed by atoms with E-state index in [9.17, 15) is 10.1 Å². The van der Waals surface area contributed by atoms with E-state index in [0.717, 1.165) is 5.56 Å². The van der Waals surface area contributed by atoms with Gasteiger partial charge in [-0.3, -0.25) is 10.1 Å².